The van der Waals surface area contributed by atoms with Crippen LogP contribution in [-0.4, -0.2) is 18.4 Å². The number of carbonyl (C=O) groups is 2. The molecule has 0 bridgehead atoms. The minimum absolute atomic E-state index is 0.103. The summed E-state index contributed by atoms with van der Waals surface area (Å²) in [5.74, 6) is -0.620. The molecule has 2 amide bonds. The van der Waals surface area contributed by atoms with Crippen LogP contribution in [-0.2, 0) is 16.0 Å². The van der Waals surface area contributed by atoms with Gasteiger partial charge in [-0.1, -0.05) is 12.1 Å². The van der Waals surface area contributed by atoms with Crippen LogP contribution >= 0.6 is 11.3 Å². The molecule has 0 saturated carbocycles. The highest BCUT2D eigenvalue weighted by atomic mass is 32.1. The van der Waals surface area contributed by atoms with Gasteiger partial charge in [-0.05, 0) is 42.0 Å². The van der Waals surface area contributed by atoms with E-state index in [-0.39, 0.29) is 30.1 Å². The zero-order valence-corrected chi connectivity index (χ0v) is 14.2. The van der Waals surface area contributed by atoms with Crippen LogP contribution in [0.25, 0.3) is 0 Å². The van der Waals surface area contributed by atoms with Crippen molar-refractivity contribution in [2.45, 2.75) is 32.2 Å². The van der Waals surface area contributed by atoms with Crippen molar-refractivity contribution >= 4 is 28.8 Å². The lowest BCUT2D eigenvalue weighted by Crippen LogP contribution is -2.38. The van der Waals surface area contributed by atoms with Gasteiger partial charge in [0.15, 0.2) is 0 Å². The lowest BCUT2D eigenvalue weighted by atomic mass is 10.0. The van der Waals surface area contributed by atoms with E-state index in [1.807, 2.05) is 17.5 Å². The van der Waals surface area contributed by atoms with Gasteiger partial charge in [0.1, 0.15) is 5.82 Å². The highest BCUT2D eigenvalue weighted by Crippen LogP contribution is 2.30. The van der Waals surface area contributed by atoms with Crippen LogP contribution < -0.4 is 10.2 Å². The molecule has 1 aromatic carbocycles. The fourth-order valence-electron chi connectivity index (χ4n) is 3.05. The maximum atomic E-state index is 13.6. The summed E-state index contributed by atoms with van der Waals surface area (Å²) in [5, 5.41) is 4.75. The van der Waals surface area contributed by atoms with Crippen LogP contribution in [0.15, 0.2) is 35.7 Å². The number of aryl methyl sites for hydroxylation is 1. The summed E-state index contributed by atoms with van der Waals surface area (Å²) >= 11 is 1.50. The number of hydrogen-bond acceptors (Lipinski definition) is 3. The fourth-order valence-corrected chi connectivity index (χ4v) is 3.83. The van der Waals surface area contributed by atoms with E-state index in [0.29, 0.717) is 12.2 Å². The molecular formula is C18H19FN2O2S. The Morgan fingerprint density at radius 2 is 2.21 bits per heavy atom. The summed E-state index contributed by atoms with van der Waals surface area (Å²) < 4.78 is 13.6. The van der Waals surface area contributed by atoms with Gasteiger partial charge in [0.05, 0.1) is 12.5 Å². The largest absolute Gasteiger partial charge is 0.348 e. The van der Waals surface area contributed by atoms with Gasteiger partial charge < -0.3 is 10.2 Å². The molecule has 0 aliphatic carbocycles. The Morgan fingerprint density at radius 3 is 2.92 bits per heavy atom. The van der Waals surface area contributed by atoms with E-state index in [0.717, 1.165) is 23.3 Å². The molecule has 0 fully saturated rings. The molecule has 2 aromatic rings. The number of thiophene rings is 1. The molecule has 4 nitrogen and oxygen atoms in total. The van der Waals surface area contributed by atoms with Crippen LogP contribution in [0.5, 0.6) is 0 Å². The predicted molar refractivity (Wildman–Crippen MR) is 92.6 cm³/mol. The van der Waals surface area contributed by atoms with Gasteiger partial charge >= 0.3 is 0 Å². The lowest BCUT2D eigenvalue weighted by Gasteiger charge is -2.30. The minimum Gasteiger partial charge on any atom is -0.348 e. The molecule has 0 spiro atoms. The van der Waals surface area contributed by atoms with Gasteiger partial charge in [-0.2, -0.15) is 0 Å². The molecule has 3 rings (SSSR count). The molecule has 1 atom stereocenters. The number of hydrogen-bond donors (Lipinski definition) is 1. The summed E-state index contributed by atoms with van der Waals surface area (Å²) in [6.45, 7) is 2.02. The van der Waals surface area contributed by atoms with Gasteiger partial charge in [-0.25, -0.2) is 4.39 Å². The molecule has 0 saturated heterocycles. The lowest BCUT2D eigenvalue weighted by molar-refractivity contribution is -0.121. The van der Waals surface area contributed by atoms with E-state index in [1.54, 1.807) is 11.0 Å². The van der Waals surface area contributed by atoms with E-state index in [1.165, 1.54) is 30.4 Å². The van der Waals surface area contributed by atoms with E-state index in [4.69, 9.17) is 0 Å². The van der Waals surface area contributed by atoms with Crippen molar-refractivity contribution in [2.75, 3.05) is 11.4 Å². The van der Waals surface area contributed by atoms with E-state index >= 15 is 0 Å². The maximum absolute atomic E-state index is 13.6. The normalized spacial score (nSPS) is 14.8. The van der Waals surface area contributed by atoms with E-state index < -0.39 is 0 Å². The standard InChI is InChI=1S/C18H19FN2O2S/c1-12(22)20-15(17-5-3-9-24-17)11-18(23)21-8-2-4-13-6-7-14(19)10-16(13)21/h3,5-7,9-10,15H,2,4,8,11H2,1H3,(H,20,22). The first-order chi connectivity index (χ1) is 11.5. The molecule has 2 heterocycles. The van der Waals surface area contributed by atoms with Gasteiger partial charge in [0, 0.05) is 24.0 Å². The van der Waals surface area contributed by atoms with Crippen molar-refractivity contribution in [3.05, 3.63) is 52.0 Å². The maximum Gasteiger partial charge on any atom is 0.229 e. The number of amides is 2. The number of anilines is 1. The molecule has 0 radical (unpaired) electrons. The van der Waals surface area contributed by atoms with Gasteiger partial charge in [-0.3, -0.25) is 9.59 Å². The molecule has 1 aliphatic rings. The van der Waals surface area contributed by atoms with Crippen molar-refractivity contribution < 1.29 is 14.0 Å². The third-order valence-corrected chi connectivity index (χ3v) is 5.10. The highest BCUT2D eigenvalue weighted by Gasteiger charge is 2.26. The predicted octanol–water partition coefficient (Wildman–Crippen LogP) is 3.43. The first kappa shape index (κ1) is 16.6. The average Bonchev–Trinajstić information content (AvgIpc) is 3.07. The molecule has 126 valence electrons. The molecule has 1 N–H and O–H groups in total. The van der Waals surface area contributed by atoms with Crippen LogP contribution in [0.1, 0.15) is 36.2 Å². The van der Waals surface area contributed by atoms with Gasteiger partial charge in [0.25, 0.3) is 0 Å². The van der Waals surface area contributed by atoms with Crippen molar-refractivity contribution in [3.8, 4) is 0 Å². The Balaban J connectivity index is 1.81. The average molecular weight is 346 g/mol. The number of carbonyl (C=O) groups excluding carboxylic acids is 2. The quantitative estimate of drug-likeness (QED) is 0.922. The molecule has 24 heavy (non-hydrogen) atoms. The Labute approximate surface area is 144 Å². The molecule has 1 aliphatic heterocycles. The Kier molecular flexibility index (Phi) is 4.94. The fraction of sp³-hybridized carbons (Fsp3) is 0.333. The number of fused-ring (bicyclic) bond motifs is 1. The van der Waals surface area contributed by atoms with E-state index in [9.17, 15) is 14.0 Å². The Hall–Kier alpha value is -2.21. The van der Waals surface area contributed by atoms with Crippen molar-refractivity contribution in [3.63, 3.8) is 0 Å². The highest BCUT2D eigenvalue weighted by molar-refractivity contribution is 7.10. The van der Waals surface area contributed by atoms with Crippen LogP contribution in [0.3, 0.4) is 0 Å². The summed E-state index contributed by atoms with van der Waals surface area (Å²) in [5.41, 5.74) is 1.64. The van der Waals surface area contributed by atoms with Crippen LogP contribution in [0.2, 0.25) is 0 Å². The van der Waals surface area contributed by atoms with Gasteiger partial charge in [-0.15, -0.1) is 11.3 Å². The molecule has 1 aromatic heterocycles. The summed E-state index contributed by atoms with van der Waals surface area (Å²) in [6.07, 6.45) is 1.86. The first-order valence-electron chi connectivity index (χ1n) is 7.94. The second-order valence-electron chi connectivity index (χ2n) is 5.89. The SMILES string of the molecule is CC(=O)NC(CC(=O)N1CCCc2ccc(F)cc21)c1cccs1. The van der Waals surface area contributed by atoms with Crippen molar-refractivity contribution in [1.82, 2.24) is 5.32 Å². The Morgan fingerprint density at radius 1 is 1.38 bits per heavy atom. The Bertz CT molecular complexity index is 745. The van der Waals surface area contributed by atoms with Crippen LogP contribution in [0.4, 0.5) is 10.1 Å². The van der Waals surface area contributed by atoms with E-state index in [2.05, 4.69) is 5.32 Å². The number of halogens is 1. The smallest absolute Gasteiger partial charge is 0.229 e. The number of nitrogens with zero attached hydrogens (tertiary/aromatic N) is 1. The zero-order chi connectivity index (χ0) is 17.1. The topological polar surface area (TPSA) is 49.4 Å². The number of nitrogens with one attached hydrogen (secondary N) is 1. The van der Waals surface area contributed by atoms with Crippen LogP contribution in [0, 0.1) is 5.82 Å². The monoisotopic (exact) mass is 346 g/mol. The summed E-state index contributed by atoms with van der Waals surface area (Å²) in [7, 11) is 0. The molecule has 6 heteroatoms. The number of rotatable bonds is 4. The number of benzene rings is 1. The van der Waals surface area contributed by atoms with Crippen molar-refractivity contribution in [1.29, 1.82) is 0 Å². The third-order valence-electron chi connectivity index (χ3n) is 4.11. The second-order valence-corrected chi connectivity index (χ2v) is 6.87. The third kappa shape index (κ3) is 3.64. The molecule has 1 unspecified atom stereocenters. The molecular weight excluding hydrogens is 327 g/mol. The summed E-state index contributed by atoms with van der Waals surface area (Å²) in [4.78, 5) is 26.9. The second kappa shape index (κ2) is 7.13. The van der Waals surface area contributed by atoms with Gasteiger partial charge in [0.2, 0.25) is 11.8 Å². The van der Waals surface area contributed by atoms with Crippen molar-refractivity contribution in [2.24, 2.45) is 0 Å². The minimum atomic E-state index is -0.353. The zero-order valence-electron chi connectivity index (χ0n) is 13.4. The first-order valence-corrected chi connectivity index (χ1v) is 8.82. The summed E-state index contributed by atoms with van der Waals surface area (Å²) in [6, 6.07) is 8.04.